The molecule has 1 aliphatic heterocycles. The topological polar surface area (TPSA) is 40.5 Å². The molecule has 3 nitrogen and oxygen atoms in total. The van der Waals surface area contributed by atoms with Gasteiger partial charge in [0.25, 0.3) is 5.24 Å². The van der Waals surface area contributed by atoms with Crippen LogP contribution in [0.25, 0.3) is 0 Å². The summed E-state index contributed by atoms with van der Waals surface area (Å²) in [6.07, 6.45) is 0. The first kappa shape index (κ1) is 7.88. The summed E-state index contributed by atoms with van der Waals surface area (Å²) >= 11 is 1.32. The summed E-state index contributed by atoms with van der Waals surface area (Å²) in [7, 11) is 0. The number of aliphatic hydroxyl groups is 1. The highest BCUT2D eigenvalue weighted by Gasteiger charge is 2.24. The average molecular weight is 161 g/mol. The Morgan fingerprint density at radius 1 is 1.90 bits per heavy atom. The summed E-state index contributed by atoms with van der Waals surface area (Å²) in [6, 6.07) is -0.0116. The predicted octanol–water partition coefficient (Wildman–Crippen LogP) is 0.536. The van der Waals surface area contributed by atoms with Crippen molar-refractivity contribution < 1.29 is 9.90 Å². The Morgan fingerprint density at radius 2 is 2.60 bits per heavy atom. The maximum absolute atomic E-state index is 11.0. The van der Waals surface area contributed by atoms with Crippen molar-refractivity contribution in [2.24, 2.45) is 0 Å². The molecule has 1 heterocycles. The fourth-order valence-corrected chi connectivity index (χ4v) is 1.80. The maximum atomic E-state index is 11.0. The van der Waals surface area contributed by atoms with Crippen molar-refractivity contribution in [3.05, 3.63) is 0 Å². The molecule has 0 radical (unpaired) electrons. The molecule has 0 aromatic carbocycles. The zero-order valence-corrected chi connectivity index (χ0v) is 6.73. The molecule has 1 atom stereocenters. The van der Waals surface area contributed by atoms with Crippen LogP contribution in [-0.4, -0.2) is 40.2 Å². The van der Waals surface area contributed by atoms with Crippen molar-refractivity contribution in [1.82, 2.24) is 4.90 Å². The van der Waals surface area contributed by atoms with E-state index in [2.05, 4.69) is 0 Å². The number of carbonyl (C=O) groups is 1. The lowest BCUT2D eigenvalue weighted by molar-refractivity contribution is 0.165. The number of carbonyl (C=O) groups excluding carboxylic acids is 1. The third-order valence-corrected chi connectivity index (χ3v) is 2.46. The van der Waals surface area contributed by atoms with E-state index in [-0.39, 0.29) is 17.9 Å². The van der Waals surface area contributed by atoms with Gasteiger partial charge in [0.1, 0.15) is 0 Å². The first-order chi connectivity index (χ1) is 4.75. The minimum atomic E-state index is -0.0116. The molecule has 0 aromatic rings. The van der Waals surface area contributed by atoms with Crippen molar-refractivity contribution >= 4 is 17.0 Å². The number of hydrogen-bond acceptors (Lipinski definition) is 3. The van der Waals surface area contributed by atoms with Gasteiger partial charge < -0.3 is 10.0 Å². The number of rotatable bonds is 2. The second-order valence-electron chi connectivity index (χ2n) is 2.34. The third kappa shape index (κ3) is 1.44. The van der Waals surface area contributed by atoms with Crippen LogP contribution in [0.2, 0.25) is 0 Å². The summed E-state index contributed by atoms with van der Waals surface area (Å²) in [5.41, 5.74) is 0. The van der Waals surface area contributed by atoms with Gasteiger partial charge in [0.05, 0.1) is 12.6 Å². The molecule has 1 amide bonds. The van der Waals surface area contributed by atoms with Gasteiger partial charge in [-0.3, -0.25) is 4.79 Å². The zero-order valence-electron chi connectivity index (χ0n) is 5.91. The summed E-state index contributed by atoms with van der Waals surface area (Å²) in [5.74, 6) is 0.864. The molecule has 0 spiro atoms. The van der Waals surface area contributed by atoms with Gasteiger partial charge >= 0.3 is 0 Å². The molecule has 0 bridgehead atoms. The van der Waals surface area contributed by atoms with E-state index in [9.17, 15) is 4.79 Å². The fourth-order valence-electron chi connectivity index (χ4n) is 0.904. The SMILES string of the molecule is C[C@@H](CO)N1CCSC1=O. The lowest BCUT2D eigenvalue weighted by Gasteiger charge is -2.20. The van der Waals surface area contributed by atoms with Gasteiger partial charge in [0, 0.05) is 12.3 Å². The summed E-state index contributed by atoms with van der Waals surface area (Å²) < 4.78 is 0. The van der Waals surface area contributed by atoms with Crippen LogP contribution in [-0.2, 0) is 0 Å². The molecule has 1 saturated heterocycles. The number of aliphatic hydroxyl groups excluding tert-OH is 1. The minimum absolute atomic E-state index is 0.0116. The Hall–Kier alpha value is -0.220. The quantitative estimate of drug-likeness (QED) is 0.642. The van der Waals surface area contributed by atoms with Gasteiger partial charge in [-0.25, -0.2) is 0 Å². The van der Waals surface area contributed by atoms with Crippen LogP contribution in [0, 0.1) is 0 Å². The number of amides is 1. The predicted molar refractivity (Wildman–Crippen MR) is 41.1 cm³/mol. The zero-order chi connectivity index (χ0) is 7.56. The Morgan fingerprint density at radius 3 is 3.00 bits per heavy atom. The van der Waals surface area contributed by atoms with Crippen molar-refractivity contribution in [2.75, 3.05) is 18.9 Å². The van der Waals surface area contributed by atoms with Gasteiger partial charge in [-0.1, -0.05) is 11.8 Å². The highest BCUT2D eigenvalue weighted by Crippen LogP contribution is 2.19. The van der Waals surface area contributed by atoms with E-state index in [1.807, 2.05) is 6.92 Å². The lowest BCUT2D eigenvalue weighted by atomic mass is 10.3. The Bertz CT molecular complexity index is 140. The largest absolute Gasteiger partial charge is 0.394 e. The monoisotopic (exact) mass is 161 g/mol. The summed E-state index contributed by atoms with van der Waals surface area (Å²) in [5, 5.41) is 8.81. The third-order valence-electron chi connectivity index (χ3n) is 1.59. The Kier molecular flexibility index (Phi) is 2.56. The molecule has 0 aromatic heterocycles. The number of hydrogen-bond donors (Lipinski definition) is 1. The van der Waals surface area contributed by atoms with Crippen LogP contribution in [0.3, 0.4) is 0 Å². The van der Waals surface area contributed by atoms with E-state index >= 15 is 0 Å². The van der Waals surface area contributed by atoms with Gasteiger partial charge in [-0.2, -0.15) is 0 Å². The molecule has 1 rings (SSSR count). The van der Waals surface area contributed by atoms with Crippen LogP contribution in [0.1, 0.15) is 6.92 Å². The van der Waals surface area contributed by atoms with E-state index in [0.717, 1.165) is 12.3 Å². The smallest absolute Gasteiger partial charge is 0.282 e. The number of thioether (sulfide) groups is 1. The lowest BCUT2D eigenvalue weighted by Crippen LogP contribution is -2.35. The van der Waals surface area contributed by atoms with E-state index < -0.39 is 0 Å². The van der Waals surface area contributed by atoms with Crippen LogP contribution in [0.5, 0.6) is 0 Å². The normalized spacial score (nSPS) is 21.8. The standard InChI is InChI=1S/C6H11NO2S/c1-5(4-8)7-2-3-10-6(7)9/h5,8H,2-4H2,1H3/t5-/m0/s1. The first-order valence-corrected chi connectivity index (χ1v) is 4.28. The molecule has 1 N–H and O–H groups in total. The van der Waals surface area contributed by atoms with Gasteiger partial charge in [-0.15, -0.1) is 0 Å². The summed E-state index contributed by atoms with van der Waals surface area (Å²) in [4.78, 5) is 12.7. The van der Waals surface area contributed by atoms with Crippen molar-refractivity contribution in [3.8, 4) is 0 Å². The van der Waals surface area contributed by atoms with E-state index in [4.69, 9.17) is 5.11 Å². The van der Waals surface area contributed by atoms with Gasteiger partial charge in [0.2, 0.25) is 0 Å². The molecule has 0 saturated carbocycles. The van der Waals surface area contributed by atoms with Gasteiger partial charge in [0.15, 0.2) is 0 Å². The average Bonchev–Trinajstić information content (AvgIpc) is 2.34. The fraction of sp³-hybridized carbons (Fsp3) is 0.833. The molecular weight excluding hydrogens is 150 g/mol. The maximum Gasteiger partial charge on any atom is 0.282 e. The molecule has 0 unspecified atom stereocenters. The van der Waals surface area contributed by atoms with Crippen LogP contribution < -0.4 is 0 Å². The summed E-state index contributed by atoms with van der Waals surface area (Å²) in [6.45, 7) is 2.70. The molecule has 0 aliphatic carbocycles. The minimum Gasteiger partial charge on any atom is -0.394 e. The van der Waals surface area contributed by atoms with Crippen molar-refractivity contribution in [2.45, 2.75) is 13.0 Å². The molecule has 1 aliphatic rings. The molecular formula is C6H11NO2S. The molecule has 4 heteroatoms. The molecule has 58 valence electrons. The van der Waals surface area contributed by atoms with Crippen LogP contribution in [0.15, 0.2) is 0 Å². The number of nitrogens with zero attached hydrogens (tertiary/aromatic N) is 1. The second kappa shape index (κ2) is 3.25. The van der Waals surface area contributed by atoms with Crippen molar-refractivity contribution in [3.63, 3.8) is 0 Å². The van der Waals surface area contributed by atoms with E-state index in [0.29, 0.717) is 0 Å². The van der Waals surface area contributed by atoms with Crippen molar-refractivity contribution in [1.29, 1.82) is 0 Å². The van der Waals surface area contributed by atoms with Crippen LogP contribution >= 0.6 is 11.8 Å². The van der Waals surface area contributed by atoms with E-state index in [1.165, 1.54) is 11.8 Å². The van der Waals surface area contributed by atoms with Gasteiger partial charge in [-0.05, 0) is 6.92 Å². The van der Waals surface area contributed by atoms with Crippen LogP contribution in [0.4, 0.5) is 4.79 Å². The molecule has 1 fully saturated rings. The molecule has 10 heavy (non-hydrogen) atoms. The van der Waals surface area contributed by atoms with E-state index in [1.54, 1.807) is 4.90 Å². The highest BCUT2D eigenvalue weighted by molar-refractivity contribution is 8.13. The second-order valence-corrected chi connectivity index (χ2v) is 3.39. The highest BCUT2D eigenvalue weighted by atomic mass is 32.2. The Labute approximate surface area is 64.4 Å². The Balaban J connectivity index is 2.46. The first-order valence-electron chi connectivity index (χ1n) is 3.30.